The van der Waals surface area contributed by atoms with Crippen molar-refractivity contribution in [3.8, 4) is 27.9 Å². The average molecular weight is 798 g/mol. The van der Waals surface area contributed by atoms with E-state index in [-0.39, 0.29) is 12.1 Å². The molecule has 3 heterocycles. The molecule has 2 aliphatic carbocycles. The fourth-order valence-electron chi connectivity index (χ4n) is 10.6. The van der Waals surface area contributed by atoms with E-state index in [1.54, 1.807) is 0 Å². The second-order valence-corrected chi connectivity index (χ2v) is 17.2. The summed E-state index contributed by atoms with van der Waals surface area (Å²) in [6.07, 6.45) is 22.1. The summed E-state index contributed by atoms with van der Waals surface area (Å²) in [5, 5.41) is 6.39. The van der Waals surface area contributed by atoms with E-state index in [9.17, 15) is 0 Å². The number of rotatable bonds is 7. The molecule has 2 aliphatic heterocycles. The van der Waals surface area contributed by atoms with Gasteiger partial charge in [0.05, 0.1) is 28.8 Å². The van der Waals surface area contributed by atoms with E-state index in [4.69, 9.17) is 0 Å². The smallest absolute Gasteiger partial charge is 0.0703 e. The van der Waals surface area contributed by atoms with Crippen LogP contribution in [-0.2, 0) is 0 Å². The molecule has 0 amide bonds. The Hall–Kier alpha value is -7.36. The van der Waals surface area contributed by atoms with Crippen LogP contribution in [0, 0.1) is 5.92 Å². The predicted molar refractivity (Wildman–Crippen MR) is 260 cm³/mol. The third kappa shape index (κ3) is 6.27. The zero-order valence-electron chi connectivity index (χ0n) is 34.6. The average Bonchev–Trinajstić information content (AvgIpc) is 3.88. The Bertz CT molecular complexity index is 3140. The van der Waals surface area contributed by atoms with E-state index in [1.807, 2.05) is 0 Å². The van der Waals surface area contributed by atoms with Crippen molar-refractivity contribution in [2.45, 2.75) is 37.3 Å². The highest BCUT2D eigenvalue weighted by Crippen LogP contribution is 2.52. The summed E-state index contributed by atoms with van der Waals surface area (Å²) < 4.78 is 2.45. The molecule has 1 N–H and O–H groups in total. The summed E-state index contributed by atoms with van der Waals surface area (Å²) in [7, 11) is 0. The van der Waals surface area contributed by atoms with Crippen molar-refractivity contribution >= 4 is 38.9 Å². The summed E-state index contributed by atoms with van der Waals surface area (Å²) in [5.41, 5.74) is 17.5. The third-order valence-corrected chi connectivity index (χ3v) is 13.6. The van der Waals surface area contributed by atoms with Crippen LogP contribution in [0.15, 0.2) is 224 Å². The fourth-order valence-corrected chi connectivity index (χ4v) is 10.6. The molecule has 4 unspecified atom stereocenters. The van der Waals surface area contributed by atoms with Crippen LogP contribution in [0.25, 0.3) is 55.4 Å². The predicted octanol–water partition coefficient (Wildman–Crippen LogP) is 14.8. The van der Waals surface area contributed by atoms with E-state index in [0.717, 1.165) is 18.5 Å². The van der Waals surface area contributed by atoms with Gasteiger partial charge in [-0.1, -0.05) is 170 Å². The number of allylic oxidation sites excluding steroid dienone is 6. The molecule has 4 atom stereocenters. The van der Waals surface area contributed by atoms with Gasteiger partial charge >= 0.3 is 0 Å². The molecule has 1 aromatic heterocycles. The van der Waals surface area contributed by atoms with Crippen LogP contribution >= 0.6 is 0 Å². The zero-order valence-corrected chi connectivity index (χ0v) is 34.6. The molecule has 298 valence electrons. The van der Waals surface area contributed by atoms with Crippen molar-refractivity contribution in [1.29, 1.82) is 0 Å². The lowest BCUT2D eigenvalue weighted by atomic mass is 9.83. The van der Waals surface area contributed by atoms with Gasteiger partial charge in [-0.05, 0) is 113 Å². The summed E-state index contributed by atoms with van der Waals surface area (Å²) in [5.74, 6) is 0.867. The number of hydrogen-bond acceptors (Lipinski definition) is 2. The number of dihydropyridines is 1. The van der Waals surface area contributed by atoms with Gasteiger partial charge in [0.2, 0.25) is 0 Å². The van der Waals surface area contributed by atoms with Crippen LogP contribution in [0.5, 0.6) is 0 Å². The largest absolute Gasteiger partial charge is 0.374 e. The Balaban J connectivity index is 0.902. The van der Waals surface area contributed by atoms with E-state index in [2.05, 4.69) is 233 Å². The van der Waals surface area contributed by atoms with E-state index in [1.165, 1.54) is 89.8 Å². The lowest BCUT2D eigenvalue weighted by Crippen LogP contribution is -2.28. The number of benzene rings is 7. The SMILES string of the molecule is C1=CC2c3cccc(-c4cccc(-n5c6ccccc6c6cc(-c7ccc(C8=CC(C9CC=CCC9)=CC(c9ccccc9)N8)cc7)ccc65)c4)c3N(c3ccccc3)C2C=C1. The number of fused-ring (bicyclic) bond motifs is 6. The van der Waals surface area contributed by atoms with Gasteiger partial charge in [-0.2, -0.15) is 0 Å². The van der Waals surface area contributed by atoms with Gasteiger partial charge < -0.3 is 14.8 Å². The molecule has 3 heteroatoms. The highest BCUT2D eigenvalue weighted by atomic mass is 15.2. The molecule has 3 nitrogen and oxygen atoms in total. The number of hydrogen-bond donors (Lipinski definition) is 1. The lowest BCUT2D eigenvalue weighted by Gasteiger charge is -2.29. The van der Waals surface area contributed by atoms with Gasteiger partial charge in [0.1, 0.15) is 0 Å². The molecule has 4 aliphatic rings. The van der Waals surface area contributed by atoms with E-state index < -0.39 is 0 Å². The quantitative estimate of drug-likeness (QED) is 0.162. The summed E-state index contributed by atoms with van der Waals surface area (Å²) in [6, 6.07) is 63.1. The first-order valence-electron chi connectivity index (χ1n) is 22.2. The first-order valence-corrected chi connectivity index (χ1v) is 22.2. The molecule has 0 fully saturated rings. The first-order chi connectivity index (χ1) is 30.7. The minimum atomic E-state index is 0.147. The molecular weight excluding hydrogens is 751 g/mol. The Kier molecular flexibility index (Phi) is 8.99. The standard InChI is InChI=1S/C59H47N3/c1-4-16-40(17-5-1)46-38-54(42-18-6-2-7-19-42)60-55(39-46)43-32-30-41(31-33-43)44-34-35-58-53(37-44)51-25-11-12-28-56(51)61(58)48-23-14-20-45(36-48)49-26-15-27-52-50-24-10-13-29-57(50)62(59(49)52)47-21-8-3-9-22-47/h1-4,6-15,18-40,50,54,57,60H,5,16-17H2. The maximum Gasteiger partial charge on any atom is 0.0703 e. The number of aromatic nitrogens is 1. The van der Waals surface area contributed by atoms with E-state index in [0.29, 0.717) is 11.8 Å². The zero-order chi connectivity index (χ0) is 41.0. The Morgan fingerprint density at radius 3 is 2.15 bits per heavy atom. The van der Waals surface area contributed by atoms with Crippen LogP contribution < -0.4 is 10.2 Å². The summed E-state index contributed by atoms with van der Waals surface area (Å²) >= 11 is 0. The van der Waals surface area contributed by atoms with Crippen LogP contribution in [0.2, 0.25) is 0 Å². The number of anilines is 2. The van der Waals surface area contributed by atoms with Crippen LogP contribution in [0.1, 0.15) is 47.9 Å². The topological polar surface area (TPSA) is 20.2 Å². The monoisotopic (exact) mass is 797 g/mol. The van der Waals surface area contributed by atoms with Crippen molar-refractivity contribution in [1.82, 2.24) is 9.88 Å². The molecule has 0 saturated carbocycles. The number of para-hydroxylation sites is 3. The second kappa shape index (κ2) is 15.3. The molecule has 0 saturated heterocycles. The van der Waals surface area contributed by atoms with Crippen LogP contribution in [0.4, 0.5) is 11.4 Å². The number of nitrogens with one attached hydrogen (secondary N) is 1. The lowest BCUT2D eigenvalue weighted by molar-refractivity contribution is 0.553. The fraction of sp³-hybridized carbons (Fsp3) is 0.119. The van der Waals surface area contributed by atoms with Crippen molar-refractivity contribution in [3.63, 3.8) is 0 Å². The minimum absolute atomic E-state index is 0.147. The Morgan fingerprint density at radius 2 is 1.29 bits per heavy atom. The Morgan fingerprint density at radius 1 is 0.548 bits per heavy atom. The molecule has 7 aromatic carbocycles. The maximum absolute atomic E-state index is 3.88. The second-order valence-electron chi connectivity index (χ2n) is 17.2. The molecule has 0 radical (unpaired) electrons. The Labute approximate surface area is 364 Å². The summed E-state index contributed by atoms with van der Waals surface area (Å²) in [4.78, 5) is 2.55. The molecule has 0 bridgehead atoms. The van der Waals surface area contributed by atoms with Crippen LogP contribution in [-0.4, -0.2) is 10.6 Å². The normalized spacial score (nSPS) is 20.2. The van der Waals surface area contributed by atoms with Crippen molar-refractivity contribution in [2.24, 2.45) is 5.92 Å². The van der Waals surface area contributed by atoms with Crippen molar-refractivity contribution in [2.75, 3.05) is 4.90 Å². The molecule has 8 aromatic rings. The molecule has 0 spiro atoms. The van der Waals surface area contributed by atoms with Gasteiger partial charge in [0.25, 0.3) is 0 Å². The third-order valence-electron chi connectivity index (χ3n) is 13.6. The van der Waals surface area contributed by atoms with Gasteiger partial charge in [-0.3, -0.25) is 0 Å². The van der Waals surface area contributed by atoms with Gasteiger partial charge in [0.15, 0.2) is 0 Å². The minimum Gasteiger partial charge on any atom is -0.374 e. The highest BCUT2D eigenvalue weighted by Gasteiger charge is 2.39. The molecule has 12 rings (SSSR count). The first kappa shape index (κ1) is 36.5. The van der Waals surface area contributed by atoms with Gasteiger partial charge in [0, 0.05) is 39.3 Å². The van der Waals surface area contributed by atoms with Crippen molar-refractivity contribution < 1.29 is 0 Å². The number of nitrogens with zero attached hydrogens (tertiary/aromatic N) is 2. The maximum atomic E-state index is 3.88. The van der Waals surface area contributed by atoms with Crippen LogP contribution in [0.3, 0.4) is 0 Å². The molecule has 62 heavy (non-hydrogen) atoms. The molecular formula is C59H47N3. The van der Waals surface area contributed by atoms with Gasteiger partial charge in [-0.15, -0.1) is 0 Å². The van der Waals surface area contributed by atoms with Gasteiger partial charge in [-0.25, -0.2) is 0 Å². The highest BCUT2D eigenvalue weighted by molar-refractivity contribution is 6.10. The summed E-state index contributed by atoms with van der Waals surface area (Å²) in [6.45, 7) is 0. The van der Waals surface area contributed by atoms with E-state index >= 15 is 0 Å². The van der Waals surface area contributed by atoms with Crippen molar-refractivity contribution in [3.05, 3.63) is 241 Å².